The van der Waals surface area contributed by atoms with E-state index in [0.29, 0.717) is 27.8 Å². The van der Waals surface area contributed by atoms with Crippen molar-refractivity contribution in [2.45, 2.75) is 23.5 Å². The number of carbonyl (C=O) groups excluding carboxylic acids is 1. The van der Waals surface area contributed by atoms with Crippen molar-refractivity contribution in [1.29, 1.82) is 0 Å². The molecule has 0 heterocycles. The Morgan fingerprint density at radius 3 is 2.50 bits per heavy atom. The lowest BCUT2D eigenvalue weighted by Gasteiger charge is -2.15. The van der Waals surface area contributed by atoms with Gasteiger partial charge in [-0.3, -0.25) is 4.79 Å². The van der Waals surface area contributed by atoms with Gasteiger partial charge in [0, 0.05) is 15.6 Å². The van der Waals surface area contributed by atoms with Crippen LogP contribution in [0.25, 0.3) is 0 Å². The van der Waals surface area contributed by atoms with Crippen LogP contribution in [0.4, 0.5) is 11.4 Å². The summed E-state index contributed by atoms with van der Waals surface area (Å²) in [5.74, 6) is -0.0893. The molecule has 22 heavy (non-hydrogen) atoms. The van der Waals surface area contributed by atoms with Crippen LogP contribution in [-0.4, -0.2) is 11.2 Å². The van der Waals surface area contributed by atoms with E-state index in [4.69, 9.17) is 28.9 Å². The topological polar surface area (TPSA) is 55.1 Å². The fourth-order valence-corrected chi connectivity index (χ4v) is 3.25. The Bertz CT molecular complexity index is 662. The van der Waals surface area contributed by atoms with Gasteiger partial charge in [0.1, 0.15) is 0 Å². The highest BCUT2D eigenvalue weighted by atomic mass is 35.5. The molecule has 0 aliphatic rings. The third kappa shape index (κ3) is 4.57. The lowest BCUT2D eigenvalue weighted by Crippen LogP contribution is -2.24. The first-order chi connectivity index (χ1) is 10.5. The van der Waals surface area contributed by atoms with E-state index in [1.807, 2.05) is 31.2 Å². The van der Waals surface area contributed by atoms with Gasteiger partial charge in [0.15, 0.2) is 0 Å². The second-order valence-corrected chi connectivity index (χ2v) is 6.82. The number of thioether (sulfide) groups is 1. The van der Waals surface area contributed by atoms with E-state index in [-0.39, 0.29) is 11.2 Å². The summed E-state index contributed by atoms with van der Waals surface area (Å²) in [6.07, 6.45) is 0.700. The number of nitrogen functional groups attached to an aromatic ring is 1. The van der Waals surface area contributed by atoms with E-state index in [1.165, 1.54) is 11.8 Å². The lowest BCUT2D eigenvalue weighted by atomic mass is 10.2. The monoisotopic (exact) mass is 354 g/mol. The summed E-state index contributed by atoms with van der Waals surface area (Å²) >= 11 is 13.4. The molecule has 2 aromatic carbocycles. The van der Waals surface area contributed by atoms with Gasteiger partial charge in [-0.25, -0.2) is 0 Å². The minimum Gasteiger partial charge on any atom is -0.399 e. The molecule has 0 saturated heterocycles. The van der Waals surface area contributed by atoms with Gasteiger partial charge in [0.25, 0.3) is 0 Å². The van der Waals surface area contributed by atoms with Crippen LogP contribution in [0.2, 0.25) is 10.0 Å². The van der Waals surface area contributed by atoms with Gasteiger partial charge in [0.05, 0.1) is 16.0 Å². The minimum atomic E-state index is -0.213. The SMILES string of the molecule is CCC(Sc1ccc(N)cc1)C(=O)Nc1ccc(Cl)cc1Cl. The molecule has 1 unspecified atom stereocenters. The van der Waals surface area contributed by atoms with E-state index >= 15 is 0 Å². The van der Waals surface area contributed by atoms with Crippen LogP contribution >= 0.6 is 35.0 Å². The van der Waals surface area contributed by atoms with Crippen LogP contribution in [-0.2, 0) is 4.79 Å². The first-order valence-electron chi connectivity index (χ1n) is 6.77. The number of rotatable bonds is 5. The third-order valence-corrected chi connectivity index (χ3v) is 4.93. The average Bonchev–Trinajstić information content (AvgIpc) is 2.49. The summed E-state index contributed by atoms with van der Waals surface area (Å²) in [6.45, 7) is 1.97. The van der Waals surface area contributed by atoms with Gasteiger partial charge in [-0.15, -0.1) is 11.8 Å². The van der Waals surface area contributed by atoms with Gasteiger partial charge in [-0.2, -0.15) is 0 Å². The molecule has 116 valence electrons. The van der Waals surface area contributed by atoms with Crippen molar-refractivity contribution in [3.63, 3.8) is 0 Å². The summed E-state index contributed by atoms with van der Waals surface area (Å²) in [5, 5.41) is 3.59. The molecule has 0 spiro atoms. The maximum absolute atomic E-state index is 12.4. The minimum absolute atomic E-state index is 0.0893. The number of carbonyl (C=O) groups is 1. The Morgan fingerprint density at radius 2 is 1.91 bits per heavy atom. The molecule has 0 bridgehead atoms. The standard InChI is InChI=1S/C16H16Cl2N2OS/c1-2-15(22-12-6-4-11(19)5-7-12)16(21)20-14-8-3-10(17)9-13(14)18/h3-9,15H,2,19H2,1H3,(H,20,21). The van der Waals surface area contributed by atoms with Crippen LogP contribution in [0.15, 0.2) is 47.4 Å². The van der Waals surface area contributed by atoms with E-state index in [2.05, 4.69) is 5.32 Å². The molecule has 3 N–H and O–H groups in total. The smallest absolute Gasteiger partial charge is 0.237 e. The number of nitrogens with one attached hydrogen (secondary N) is 1. The number of anilines is 2. The predicted molar refractivity (Wildman–Crippen MR) is 95.9 cm³/mol. The number of amides is 1. The molecule has 6 heteroatoms. The highest BCUT2D eigenvalue weighted by molar-refractivity contribution is 8.00. The second-order valence-electron chi connectivity index (χ2n) is 4.70. The first-order valence-corrected chi connectivity index (χ1v) is 8.41. The Labute approximate surface area is 144 Å². The van der Waals surface area contributed by atoms with Crippen LogP contribution < -0.4 is 11.1 Å². The number of hydrogen-bond donors (Lipinski definition) is 2. The zero-order chi connectivity index (χ0) is 16.1. The van der Waals surface area contributed by atoms with Crippen LogP contribution in [0, 0.1) is 0 Å². The Kier molecular flexibility index (Phi) is 6.00. The van der Waals surface area contributed by atoms with Crippen LogP contribution in [0.3, 0.4) is 0 Å². The van der Waals surface area contributed by atoms with E-state index < -0.39 is 0 Å². The fourth-order valence-electron chi connectivity index (χ4n) is 1.84. The average molecular weight is 355 g/mol. The highest BCUT2D eigenvalue weighted by Crippen LogP contribution is 2.29. The summed E-state index contributed by atoms with van der Waals surface area (Å²) < 4.78 is 0. The number of benzene rings is 2. The predicted octanol–water partition coefficient (Wildman–Crippen LogP) is 5.09. The van der Waals surface area contributed by atoms with Crippen LogP contribution in [0.1, 0.15) is 13.3 Å². The van der Waals surface area contributed by atoms with Gasteiger partial charge in [-0.05, 0) is 48.9 Å². The first kappa shape index (κ1) is 17.0. The molecule has 0 radical (unpaired) electrons. The molecule has 0 aliphatic carbocycles. The number of halogens is 2. The molecular weight excluding hydrogens is 339 g/mol. The quantitative estimate of drug-likeness (QED) is 0.581. The van der Waals surface area contributed by atoms with Crippen molar-refractivity contribution in [2.75, 3.05) is 11.1 Å². The molecule has 1 amide bonds. The van der Waals surface area contributed by atoms with Gasteiger partial charge in [0.2, 0.25) is 5.91 Å². The van der Waals surface area contributed by atoms with Gasteiger partial charge >= 0.3 is 0 Å². The summed E-state index contributed by atoms with van der Waals surface area (Å²) in [6, 6.07) is 12.5. The normalized spacial score (nSPS) is 12.0. The molecule has 2 aromatic rings. The van der Waals surface area contributed by atoms with Crippen molar-refractivity contribution >= 4 is 52.2 Å². The Morgan fingerprint density at radius 1 is 1.23 bits per heavy atom. The van der Waals surface area contributed by atoms with Crippen molar-refractivity contribution in [3.8, 4) is 0 Å². The van der Waals surface area contributed by atoms with Crippen LogP contribution in [0.5, 0.6) is 0 Å². The van der Waals surface area contributed by atoms with E-state index in [9.17, 15) is 4.79 Å². The molecule has 0 fully saturated rings. The molecule has 0 saturated carbocycles. The zero-order valence-electron chi connectivity index (χ0n) is 12.0. The Hall–Kier alpha value is -1.36. The summed E-state index contributed by atoms with van der Waals surface area (Å²) in [4.78, 5) is 13.4. The van der Waals surface area contributed by atoms with Crippen molar-refractivity contribution in [2.24, 2.45) is 0 Å². The number of hydrogen-bond acceptors (Lipinski definition) is 3. The molecule has 3 nitrogen and oxygen atoms in total. The van der Waals surface area contributed by atoms with Crippen molar-refractivity contribution in [1.82, 2.24) is 0 Å². The largest absolute Gasteiger partial charge is 0.399 e. The molecule has 0 aliphatic heterocycles. The summed E-state index contributed by atoms with van der Waals surface area (Å²) in [7, 11) is 0. The fraction of sp³-hybridized carbons (Fsp3) is 0.188. The van der Waals surface area contributed by atoms with Crippen molar-refractivity contribution < 1.29 is 4.79 Å². The Balaban J connectivity index is 2.06. The van der Waals surface area contributed by atoms with Gasteiger partial charge < -0.3 is 11.1 Å². The molecule has 1 atom stereocenters. The lowest BCUT2D eigenvalue weighted by molar-refractivity contribution is -0.115. The highest BCUT2D eigenvalue weighted by Gasteiger charge is 2.19. The zero-order valence-corrected chi connectivity index (χ0v) is 14.3. The number of nitrogens with two attached hydrogens (primary N) is 1. The molecular formula is C16H16Cl2N2OS. The van der Waals surface area contributed by atoms with Gasteiger partial charge in [-0.1, -0.05) is 30.1 Å². The van der Waals surface area contributed by atoms with E-state index in [0.717, 1.165) is 4.90 Å². The van der Waals surface area contributed by atoms with Crippen molar-refractivity contribution in [3.05, 3.63) is 52.5 Å². The maximum Gasteiger partial charge on any atom is 0.237 e. The maximum atomic E-state index is 12.4. The molecule has 2 rings (SSSR count). The molecule has 0 aromatic heterocycles. The van der Waals surface area contributed by atoms with E-state index in [1.54, 1.807) is 18.2 Å². The third-order valence-electron chi connectivity index (χ3n) is 3.01. The summed E-state index contributed by atoms with van der Waals surface area (Å²) in [5.41, 5.74) is 6.93. The second kappa shape index (κ2) is 7.77.